The molecule has 0 amide bonds. The van der Waals surface area contributed by atoms with Gasteiger partial charge in [-0.2, -0.15) is 0 Å². The second-order valence-electron chi connectivity index (χ2n) is 4.23. The highest BCUT2D eigenvalue weighted by molar-refractivity contribution is 7.12. The van der Waals surface area contributed by atoms with E-state index in [1.54, 1.807) is 0 Å². The molecule has 1 unspecified atom stereocenters. The zero-order valence-electron chi connectivity index (χ0n) is 9.10. The van der Waals surface area contributed by atoms with Crippen molar-refractivity contribution in [2.24, 2.45) is 0 Å². The van der Waals surface area contributed by atoms with Gasteiger partial charge < -0.3 is 5.32 Å². The third kappa shape index (κ3) is 1.73. The van der Waals surface area contributed by atoms with Gasteiger partial charge in [-0.05, 0) is 51.3 Å². The zero-order valence-corrected chi connectivity index (χ0v) is 9.91. The molecule has 2 rings (SSSR count). The minimum Gasteiger partial charge on any atom is -0.307 e. The Morgan fingerprint density at radius 3 is 2.79 bits per heavy atom. The molecule has 1 aliphatic heterocycles. The van der Waals surface area contributed by atoms with Crippen LogP contribution < -0.4 is 5.32 Å². The fraction of sp³-hybridized carbons (Fsp3) is 0.667. The third-order valence-corrected chi connectivity index (χ3v) is 4.51. The molecule has 1 fully saturated rings. The van der Waals surface area contributed by atoms with E-state index in [0.29, 0.717) is 5.54 Å². The van der Waals surface area contributed by atoms with E-state index in [-0.39, 0.29) is 0 Å². The summed E-state index contributed by atoms with van der Waals surface area (Å²) in [5, 5.41) is 3.72. The van der Waals surface area contributed by atoms with Crippen molar-refractivity contribution in [3.8, 4) is 0 Å². The lowest BCUT2D eigenvalue weighted by Gasteiger charge is -2.37. The van der Waals surface area contributed by atoms with Gasteiger partial charge in [0, 0.05) is 9.75 Å². The number of hydrogen-bond acceptors (Lipinski definition) is 2. The Hall–Kier alpha value is -0.340. The summed E-state index contributed by atoms with van der Waals surface area (Å²) in [6, 6.07) is 4.55. The van der Waals surface area contributed by atoms with Gasteiger partial charge in [0.15, 0.2) is 0 Å². The van der Waals surface area contributed by atoms with E-state index in [1.165, 1.54) is 42.0 Å². The predicted molar refractivity (Wildman–Crippen MR) is 62.9 cm³/mol. The minimum atomic E-state index is 0.303. The Morgan fingerprint density at radius 1 is 1.43 bits per heavy atom. The molecular formula is C12H19NS. The van der Waals surface area contributed by atoms with Gasteiger partial charge in [-0.15, -0.1) is 11.3 Å². The van der Waals surface area contributed by atoms with Crippen molar-refractivity contribution >= 4 is 11.3 Å². The molecule has 0 aliphatic carbocycles. The van der Waals surface area contributed by atoms with Crippen molar-refractivity contribution < 1.29 is 0 Å². The van der Waals surface area contributed by atoms with E-state index in [9.17, 15) is 0 Å². The molecule has 1 aromatic heterocycles. The van der Waals surface area contributed by atoms with Crippen molar-refractivity contribution in [1.29, 1.82) is 0 Å². The van der Waals surface area contributed by atoms with Gasteiger partial charge >= 0.3 is 0 Å². The summed E-state index contributed by atoms with van der Waals surface area (Å²) in [6.07, 6.45) is 5.24. The van der Waals surface area contributed by atoms with Crippen LogP contribution in [0.4, 0.5) is 0 Å². The average Bonchev–Trinajstić information content (AvgIpc) is 2.66. The first-order valence-electron chi connectivity index (χ1n) is 5.59. The van der Waals surface area contributed by atoms with Gasteiger partial charge in [-0.25, -0.2) is 0 Å². The van der Waals surface area contributed by atoms with Crippen LogP contribution in [0.25, 0.3) is 0 Å². The first kappa shape index (κ1) is 10.2. The topological polar surface area (TPSA) is 12.0 Å². The number of thiophene rings is 1. The van der Waals surface area contributed by atoms with Gasteiger partial charge in [0.1, 0.15) is 0 Å². The van der Waals surface area contributed by atoms with Crippen LogP contribution >= 0.6 is 11.3 Å². The van der Waals surface area contributed by atoms with E-state index in [2.05, 4.69) is 31.3 Å². The van der Waals surface area contributed by atoms with E-state index in [1.807, 2.05) is 11.3 Å². The lowest BCUT2D eigenvalue weighted by molar-refractivity contribution is 0.253. The number of hydrogen-bond donors (Lipinski definition) is 1. The predicted octanol–water partition coefficient (Wildman–Crippen LogP) is 3.44. The maximum atomic E-state index is 3.72. The van der Waals surface area contributed by atoms with Crippen molar-refractivity contribution in [2.75, 3.05) is 6.54 Å². The summed E-state index contributed by atoms with van der Waals surface area (Å²) in [4.78, 5) is 2.97. The monoisotopic (exact) mass is 209 g/mol. The molecule has 1 nitrogen and oxygen atoms in total. The first-order chi connectivity index (χ1) is 6.77. The van der Waals surface area contributed by atoms with Gasteiger partial charge in [-0.3, -0.25) is 0 Å². The second kappa shape index (κ2) is 4.03. The van der Waals surface area contributed by atoms with Gasteiger partial charge in [0.2, 0.25) is 0 Å². The van der Waals surface area contributed by atoms with Crippen LogP contribution in [0, 0.1) is 6.92 Å². The van der Waals surface area contributed by atoms with Crippen molar-refractivity contribution in [2.45, 2.75) is 45.1 Å². The Kier molecular flexibility index (Phi) is 2.93. The van der Waals surface area contributed by atoms with Crippen LogP contribution in [0.2, 0.25) is 0 Å². The molecule has 2 heterocycles. The lowest BCUT2D eigenvalue weighted by Crippen LogP contribution is -2.44. The summed E-state index contributed by atoms with van der Waals surface area (Å²) in [5.41, 5.74) is 0.303. The summed E-state index contributed by atoms with van der Waals surface area (Å²) in [6.45, 7) is 5.68. The Morgan fingerprint density at radius 2 is 2.29 bits per heavy atom. The van der Waals surface area contributed by atoms with Crippen LogP contribution in [0.5, 0.6) is 0 Å². The van der Waals surface area contributed by atoms with E-state index in [0.717, 1.165) is 0 Å². The quantitative estimate of drug-likeness (QED) is 0.787. The molecule has 1 saturated heterocycles. The Labute approximate surface area is 90.5 Å². The van der Waals surface area contributed by atoms with Crippen LogP contribution in [-0.2, 0) is 5.54 Å². The summed E-state index contributed by atoms with van der Waals surface area (Å²) in [5.74, 6) is 0. The lowest BCUT2D eigenvalue weighted by atomic mass is 9.85. The fourth-order valence-corrected chi connectivity index (χ4v) is 3.48. The number of piperidine rings is 1. The van der Waals surface area contributed by atoms with Crippen molar-refractivity contribution in [3.63, 3.8) is 0 Å². The standard InChI is InChI=1S/C12H19NS/c1-3-12(8-4-5-9-13-12)11-7-6-10(2)14-11/h6-7,13H,3-5,8-9H2,1-2H3. The van der Waals surface area contributed by atoms with Crippen LogP contribution in [-0.4, -0.2) is 6.54 Å². The van der Waals surface area contributed by atoms with E-state index < -0.39 is 0 Å². The Bertz CT molecular complexity index is 297. The highest BCUT2D eigenvalue weighted by Crippen LogP contribution is 2.37. The Balaban J connectivity index is 2.26. The molecular weight excluding hydrogens is 190 g/mol. The number of nitrogens with one attached hydrogen (secondary N) is 1. The molecule has 2 heteroatoms. The number of aryl methyl sites for hydroxylation is 1. The smallest absolute Gasteiger partial charge is 0.0526 e. The van der Waals surface area contributed by atoms with E-state index >= 15 is 0 Å². The van der Waals surface area contributed by atoms with Crippen molar-refractivity contribution in [1.82, 2.24) is 5.32 Å². The largest absolute Gasteiger partial charge is 0.307 e. The van der Waals surface area contributed by atoms with Gasteiger partial charge in [0.25, 0.3) is 0 Å². The average molecular weight is 209 g/mol. The third-order valence-electron chi connectivity index (χ3n) is 3.31. The molecule has 0 radical (unpaired) electrons. The summed E-state index contributed by atoms with van der Waals surface area (Å²) >= 11 is 1.96. The minimum absolute atomic E-state index is 0.303. The van der Waals surface area contributed by atoms with Crippen LogP contribution in [0.3, 0.4) is 0 Å². The second-order valence-corrected chi connectivity index (χ2v) is 5.52. The maximum Gasteiger partial charge on any atom is 0.0526 e. The normalized spacial score (nSPS) is 27.9. The molecule has 14 heavy (non-hydrogen) atoms. The molecule has 1 aliphatic rings. The van der Waals surface area contributed by atoms with Crippen LogP contribution in [0.1, 0.15) is 42.4 Å². The van der Waals surface area contributed by atoms with Crippen LogP contribution in [0.15, 0.2) is 12.1 Å². The van der Waals surface area contributed by atoms with Crippen molar-refractivity contribution in [3.05, 3.63) is 21.9 Å². The molecule has 1 N–H and O–H groups in total. The molecule has 1 aromatic rings. The molecule has 0 bridgehead atoms. The highest BCUT2D eigenvalue weighted by Gasteiger charge is 2.32. The summed E-state index contributed by atoms with van der Waals surface area (Å²) < 4.78 is 0. The summed E-state index contributed by atoms with van der Waals surface area (Å²) in [7, 11) is 0. The molecule has 0 saturated carbocycles. The number of rotatable bonds is 2. The fourth-order valence-electron chi connectivity index (χ4n) is 2.35. The molecule has 78 valence electrons. The van der Waals surface area contributed by atoms with Gasteiger partial charge in [-0.1, -0.05) is 6.92 Å². The highest BCUT2D eigenvalue weighted by atomic mass is 32.1. The molecule has 1 atom stereocenters. The van der Waals surface area contributed by atoms with Gasteiger partial charge in [0.05, 0.1) is 5.54 Å². The zero-order chi connectivity index (χ0) is 10.0. The van der Waals surface area contributed by atoms with E-state index in [4.69, 9.17) is 0 Å². The molecule has 0 spiro atoms. The first-order valence-corrected chi connectivity index (χ1v) is 6.40. The SMILES string of the molecule is CCC1(c2ccc(C)s2)CCCCN1. The molecule has 0 aromatic carbocycles. The maximum absolute atomic E-state index is 3.72.